The summed E-state index contributed by atoms with van der Waals surface area (Å²) >= 11 is 6.31. The molecule has 0 radical (unpaired) electrons. The zero-order valence-electron chi connectivity index (χ0n) is 28.8. The number of piperidine rings is 2. The average molecular weight is 746 g/mol. The molecule has 0 spiro atoms. The SMILES string of the molecule is CCOc1ncccc1C1(NC(=O)ON2CCC(C3CCNCC3)CC2C)C(=O)N(S(=O)(=O)c2ccc(OC)cc2OC)c2cc(F)c(Cl)cc21. The number of sulfonamides is 1. The molecule has 0 saturated carbocycles. The number of methoxy groups -OCH3 is 2. The first-order valence-corrected chi connectivity index (χ1v) is 18.6. The van der Waals surface area contributed by atoms with Gasteiger partial charge in [-0.1, -0.05) is 11.6 Å². The van der Waals surface area contributed by atoms with Crippen molar-refractivity contribution in [2.24, 2.45) is 11.8 Å². The van der Waals surface area contributed by atoms with Crippen molar-refractivity contribution in [3.05, 3.63) is 70.6 Å². The Bertz CT molecular complexity index is 1910. The van der Waals surface area contributed by atoms with Gasteiger partial charge in [-0.15, -0.1) is 5.06 Å². The van der Waals surface area contributed by atoms with Crippen molar-refractivity contribution in [1.82, 2.24) is 20.7 Å². The zero-order valence-corrected chi connectivity index (χ0v) is 30.4. The van der Waals surface area contributed by atoms with Crippen LogP contribution in [0.25, 0.3) is 0 Å². The quantitative estimate of drug-likeness (QED) is 0.289. The van der Waals surface area contributed by atoms with Crippen LogP contribution in [-0.2, 0) is 25.2 Å². The molecule has 0 aliphatic carbocycles. The van der Waals surface area contributed by atoms with Crippen LogP contribution >= 0.6 is 11.6 Å². The van der Waals surface area contributed by atoms with E-state index in [9.17, 15) is 13.2 Å². The normalized spacial score (nSPS) is 22.7. The maximum absolute atomic E-state index is 15.3. The molecule has 3 aromatic rings. The molecule has 2 amide bonds. The van der Waals surface area contributed by atoms with Gasteiger partial charge in [0.15, 0.2) is 5.54 Å². The number of amides is 2. The fourth-order valence-electron chi connectivity index (χ4n) is 7.43. The van der Waals surface area contributed by atoms with Crippen LogP contribution in [0.5, 0.6) is 17.4 Å². The minimum absolute atomic E-state index is 0.0187. The van der Waals surface area contributed by atoms with E-state index in [0.717, 1.165) is 50.9 Å². The Hall–Kier alpha value is -4.18. The second-order valence-corrected chi connectivity index (χ2v) is 14.9. The van der Waals surface area contributed by atoms with Crippen molar-refractivity contribution in [2.45, 2.75) is 56.0 Å². The number of ether oxygens (including phenoxy) is 3. The number of halogens is 2. The third-order valence-corrected chi connectivity index (χ3v) is 11.9. The molecule has 13 nitrogen and oxygen atoms in total. The van der Waals surface area contributed by atoms with E-state index in [4.69, 9.17) is 30.6 Å². The van der Waals surface area contributed by atoms with E-state index in [1.54, 1.807) is 12.0 Å². The fourth-order valence-corrected chi connectivity index (χ4v) is 9.19. The molecular formula is C35H41ClFN5O8S. The smallest absolute Gasteiger partial charge is 0.427 e. The summed E-state index contributed by atoms with van der Waals surface area (Å²) in [6, 6.07) is 8.71. The van der Waals surface area contributed by atoms with Crippen LogP contribution in [0.3, 0.4) is 0 Å². The monoisotopic (exact) mass is 745 g/mol. The van der Waals surface area contributed by atoms with Crippen LogP contribution < -0.4 is 29.1 Å². The molecule has 3 aliphatic heterocycles. The molecular weight excluding hydrogens is 705 g/mol. The number of carbonyl (C=O) groups is 2. The molecule has 2 fully saturated rings. The molecule has 1 aromatic heterocycles. The lowest BCUT2D eigenvalue weighted by molar-refractivity contribution is -0.154. The highest BCUT2D eigenvalue weighted by Crippen LogP contribution is 2.51. The molecule has 51 heavy (non-hydrogen) atoms. The van der Waals surface area contributed by atoms with Crippen LogP contribution in [0.15, 0.2) is 53.6 Å². The summed E-state index contributed by atoms with van der Waals surface area (Å²) in [7, 11) is -2.21. The summed E-state index contributed by atoms with van der Waals surface area (Å²) in [6.07, 6.45) is 4.20. The highest BCUT2D eigenvalue weighted by molar-refractivity contribution is 7.93. The van der Waals surface area contributed by atoms with Gasteiger partial charge in [0.25, 0.3) is 15.9 Å². The number of anilines is 1. The number of hydrogen-bond donors (Lipinski definition) is 2. The lowest BCUT2D eigenvalue weighted by Crippen LogP contribution is -2.56. The number of fused-ring (bicyclic) bond motifs is 1. The van der Waals surface area contributed by atoms with Crippen LogP contribution in [0.4, 0.5) is 14.9 Å². The highest BCUT2D eigenvalue weighted by Gasteiger charge is 2.60. The van der Waals surface area contributed by atoms with Crippen molar-refractivity contribution < 1.29 is 41.4 Å². The number of benzene rings is 2. The topological polar surface area (TPSA) is 149 Å². The van der Waals surface area contributed by atoms with Gasteiger partial charge in [-0.05, 0) is 94.8 Å². The average Bonchev–Trinajstić information content (AvgIpc) is 3.36. The van der Waals surface area contributed by atoms with E-state index < -0.39 is 43.3 Å². The van der Waals surface area contributed by atoms with Crippen molar-refractivity contribution in [1.29, 1.82) is 0 Å². The Morgan fingerprint density at radius 2 is 1.86 bits per heavy atom. The minimum atomic E-state index is -4.87. The zero-order chi connectivity index (χ0) is 36.5. The molecule has 274 valence electrons. The number of aromatic nitrogens is 1. The van der Waals surface area contributed by atoms with Gasteiger partial charge in [0.05, 0.1) is 37.1 Å². The van der Waals surface area contributed by atoms with Crippen molar-refractivity contribution in [3.8, 4) is 17.4 Å². The first kappa shape index (κ1) is 36.6. The van der Waals surface area contributed by atoms with Crippen LogP contribution in [0, 0.1) is 17.7 Å². The Labute approximate surface area is 301 Å². The van der Waals surface area contributed by atoms with Crippen LogP contribution in [-0.4, -0.2) is 77.0 Å². The van der Waals surface area contributed by atoms with Gasteiger partial charge in [0, 0.05) is 36.5 Å². The van der Waals surface area contributed by atoms with Gasteiger partial charge in [0.2, 0.25) is 5.88 Å². The van der Waals surface area contributed by atoms with Crippen LogP contribution in [0.1, 0.15) is 50.7 Å². The number of hydroxylamine groups is 2. The number of pyridine rings is 1. The molecule has 3 aliphatic rings. The first-order chi connectivity index (χ1) is 24.5. The van der Waals surface area contributed by atoms with E-state index in [2.05, 4.69) is 15.6 Å². The maximum atomic E-state index is 15.3. The van der Waals surface area contributed by atoms with Gasteiger partial charge < -0.3 is 24.4 Å². The van der Waals surface area contributed by atoms with Gasteiger partial charge in [-0.3, -0.25) is 10.1 Å². The molecule has 6 rings (SSSR count). The molecule has 0 bridgehead atoms. The predicted molar refractivity (Wildman–Crippen MR) is 186 cm³/mol. The summed E-state index contributed by atoms with van der Waals surface area (Å²) in [5.41, 5.74) is -2.90. The Kier molecular flexibility index (Phi) is 10.6. The van der Waals surface area contributed by atoms with Crippen LogP contribution in [0.2, 0.25) is 5.02 Å². The first-order valence-electron chi connectivity index (χ1n) is 16.8. The summed E-state index contributed by atoms with van der Waals surface area (Å²) in [5, 5.41) is 7.24. The number of carbonyl (C=O) groups excluding carboxylic acids is 2. The van der Waals surface area contributed by atoms with Gasteiger partial charge >= 0.3 is 6.09 Å². The summed E-state index contributed by atoms with van der Waals surface area (Å²) in [6.45, 7) is 6.22. The number of rotatable bonds is 10. The fraction of sp³-hybridized carbons (Fsp3) is 0.457. The summed E-state index contributed by atoms with van der Waals surface area (Å²) < 4.78 is 61.2. The number of nitrogens with zero attached hydrogens (tertiary/aromatic N) is 3. The predicted octanol–water partition coefficient (Wildman–Crippen LogP) is 5.01. The molecule has 2 aromatic carbocycles. The maximum Gasteiger partial charge on any atom is 0.427 e. The van der Waals surface area contributed by atoms with E-state index in [0.29, 0.717) is 28.4 Å². The lowest BCUT2D eigenvalue weighted by atomic mass is 9.77. The van der Waals surface area contributed by atoms with E-state index in [-0.39, 0.29) is 41.1 Å². The van der Waals surface area contributed by atoms with Crippen molar-refractivity contribution in [3.63, 3.8) is 0 Å². The number of nitrogens with one attached hydrogen (secondary N) is 2. The number of hydrogen-bond acceptors (Lipinski definition) is 11. The standard InChI is InChI=1S/C35H41ClFN5O8S/c1-5-49-32-25(7-6-13-39-32)35(40-34(44)50-41-16-12-23(17-21(41)2)22-10-14-38-15-11-22)26-19-27(36)28(37)20-29(26)42(33(35)43)51(45,46)31-9-8-24(47-3)18-30(31)48-4/h6-9,13,18-23,38H,5,10-12,14-17H2,1-4H3,(H,40,44). The second kappa shape index (κ2) is 14.8. The minimum Gasteiger partial charge on any atom is -0.497 e. The molecule has 3 unspecified atom stereocenters. The van der Waals surface area contributed by atoms with E-state index in [1.807, 2.05) is 6.92 Å². The highest BCUT2D eigenvalue weighted by atomic mass is 35.5. The summed E-state index contributed by atoms with van der Waals surface area (Å²) in [4.78, 5) is 38.9. The third kappa shape index (κ3) is 6.67. The Morgan fingerprint density at radius 3 is 2.55 bits per heavy atom. The molecule has 2 N–H and O–H groups in total. The Morgan fingerprint density at radius 1 is 1.10 bits per heavy atom. The van der Waals surface area contributed by atoms with Gasteiger partial charge in [0.1, 0.15) is 22.2 Å². The molecule has 3 atom stereocenters. The van der Waals surface area contributed by atoms with Gasteiger partial charge in [-0.2, -0.15) is 4.31 Å². The van der Waals surface area contributed by atoms with E-state index in [1.165, 1.54) is 50.7 Å². The summed E-state index contributed by atoms with van der Waals surface area (Å²) in [5.74, 6) is -1.02. The van der Waals surface area contributed by atoms with Crippen molar-refractivity contribution >= 4 is 39.3 Å². The van der Waals surface area contributed by atoms with E-state index >= 15 is 9.18 Å². The molecule has 4 heterocycles. The third-order valence-electron chi connectivity index (χ3n) is 9.91. The van der Waals surface area contributed by atoms with Gasteiger partial charge in [-0.25, -0.2) is 22.6 Å². The second-order valence-electron chi connectivity index (χ2n) is 12.8. The molecule has 2 saturated heterocycles. The largest absolute Gasteiger partial charge is 0.497 e. The molecule has 16 heteroatoms. The lowest BCUT2D eigenvalue weighted by Gasteiger charge is -2.40. The van der Waals surface area contributed by atoms with Crippen molar-refractivity contribution in [2.75, 3.05) is 44.8 Å². The Balaban J connectivity index is 1.44.